The zero-order chi connectivity index (χ0) is 19.0. The standard InChI is InChI=1S/C21H26N2O4/c1-3-20-8-4-9-22-10-7-14-15-11-13(24)5-6-16(15)23(17(14)18(20)22)21(26,12-20)19(25)27-2/h5-6,11,18,24,26H,3-4,7-10,12H2,1-2H3/t18-,20+,21+/m1/s1. The van der Waals surface area contributed by atoms with E-state index in [1.165, 1.54) is 7.11 Å². The minimum atomic E-state index is -1.72. The van der Waals surface area contributed by atoms with Crippen LogP contribution in [0.5, 0.6) is 5.75 Å². The number of aromatic nitrogens is 1. The number of aromatic hydroxyl groups is 1. The van der Waals surface area contributed by atoms with Gasteiger partial charge >= 0.3 is 5.97 Å². The van der Waals surface area contributed by atoms with Gasteiger partial charge in [-0.1, -0.05) is 6.92 Å². The Hall–Kier alpha value is -2.05. The Morgan fingerprint density at radius 2 is 2.19 bits per heavy atom. The van der Waals surface area contributed by atoms with Crippen molar-refractivity contribution < 1.29 is 19.7 Å². The smallest absolute Gasteiger partial charge is 0.359 e. The third-order valence-corrected chi connectivity index (χ3v) is 7.25. The van der Waals surface area contributed by atoms with E-state index in [0.717, 1.165) is 60.9 Å². The fourth-order valence-electron chi connectivity index (χ4n) is 6.14. The molecule has 1 saturated heterocycles. The highest BCUT2D eigenvalue weighted by molar-refractivity contribution is 5.91. The van der Waals surface area contributed by atoms with Crippen LogP contribution in [-0.4, -0.2) is 45.8 Å². The summed E-state index contributed by atoms with van der Waals surface area (Å²) < 4.78 is 6.89. The van der Waals surface area contributed by atoms with Gasteiger partial charge in [-0.15, -0.1) is 0 Å². The summed E-state index contributed by atoms with van der Waals surface area (Å²) >= 11 is 0. The van der Waals surface area contributed by atoms with Gasteiger partial charge < -0.3 is 19.5 Å². The number of methoxy groups -OCH3 is 1. The molecule has 2 N–H and O–H groups in total. The molecule has 0 radical (unpaired) electrons. The van der Waals surface area contributed by atoms with E-state index < -0.39 is 11.7 Å². The molecule has 1 fully saturated rings. The average Bonchev–Trinajstić information content (AvgIpc) is 3.01. The van der Waals surface area contributed by atoms with Crippen molar-refractivity contribution in [3.05, 3.63) is 29.5 Å². The summed E-state index contributed by atoms with van der Waals surface area (Å²) in [6.07, 6.45) is 4.20. The number of hydrogen-bond donors (Lipinski definition) is 2. The highest BCUT2D eigenvalue weighted by atomic mass is 16.5. The predicted octanol–water partition coefficient (Wildman–Crippen LogP) is 2.66. The molecule has 0 unspecified atom stereocenters. The Labute approximate surface area is 158 Å². The van der Waals surface area contributed by atoms with Crippen molar-refractivity contribution in [1.29, 1.82) is 0 Å². The molecular weight excluding hydrogens is 344 g/mol. The van der Waals surface area contributed by atoms with Gasteiger partial charge in [0.25, 0.3) is 0 Å². The van der Waals surface area contributed by atoms with E-state index in [2.05, 4.69) is 11.8 Å². The topological polar surface area (TPSA) is 74.9 Å². The number of carbonyl (C=O) groups is 1. The van der Waals surface area contributed by atoms with Crippen LogP contribution in [0.25, 0.3) is 10.9 Å². The van der Waals surface area contributed by atoms with Gasteiger partial charge in [0.2, 0.25) is 5.72 Å². The number of hydrogen-bond acceptors (Lipinski definition) is 5. The molecule has 0 saturated carbocycles. The molecule has 0 aliphatic carbocycles. The quantitative estimate of drug-likeness (QED) is 0.795. The number of rotatable bonds is 2. The molecule has 5 rings (SSSR count). The van der Waals surface area contributed by atoms with E-state index in [4.69, 9.17) is 4.74 Å². The van der Waals surface area contributed by atoms with Gasteiger partial charge in [0, 0.05) is 24.0 Å². The molecule has 144 valence electrons. The maximum Gasteiger partial charge on any atom is 0.359 e. The average molecular weight is 370 g/mol. The van der Waals surface area contributed by atoms with Crippen LogP contribution < -0.4 is 0 Å². The van der Waals surface area contributed by atoms with Gasteiger partial charge in [0.05, 0.1) is 18.7 Å². The lowest BCUT2D eigenvalue weighted by Gasteiger charge is -2.57. The summed E-state index contributed by atoms with van der Waals surface area (Å²) in [6, 6.07) is 5.39. The minimum Gasteiger partial charge on any atom is -0.508 e. The number of esters is 1. The molecule has 0 bridgehead atoms. The van der Waals surface area contributed by atoms with Gasteiger partial charge in [-0.2, -0.15) is 0 Å². The fraction of sp³-hybridized carbons (Fsp3) is 0.571. The van der Waals surface area contributed by atoms with Crippen LogP contribution in [0.4, 0.5) is 0 Å². The number of phenolic OH excluding ortho intramolecular Hbond substituents is 1. The number of nitrogens with zero attached hydrogens (tertiary/aromatic N) is 2. The zero-order valence-electron chi connectivity index (χ0n) is 15.9. The number of piperidine rings is 1. The van der Waals surface area contributed by atoms with Crippen molar-refractivity contribution in [2.24, 2.45) is 5.41 Å². The van der Waals surface area contributed by atoms with E-state index in [-0.39, 0.29) is 17.2 Å². The molecule has 27 heavy (non-hydrogen) atoms. The van der Waals surface area contributed by atoms with E-state index in [1.807, 2.05) is 10.6 Å². The predicted molar refractivity (Wildman–Crippen MR) is 100 cm³/mol. The fourth-order valence-corrected chi connectivity index (χ4v) is 6.14. The van der Waals surface area contributed by atoms with Gasteiger partial charge in [-0.3, -0.25) is 4.90 Å². The van der Waals surface area contributed by atoms with Crippen molar-refractivity contribution in [2.75, 3.05) is 20.2 Å². The van der Waals surface area contributed by atoms with Crippen LogP contribution >= 0.6 is 0 Å². The third-order valence-electron chi connectivity index (χ3n) is 7.25. The molecule has 0 spiro atoms. The number of aliphatic hydroxyl groups is 1. The first-order valence-electron chi connectivity index (χ1n) is 9.87. The number of phenols is 1. The van der Waals surface area contributed by atoms with Crippen molar-refractivity contribution in [3.8, 4) is 5.75 Å². The van der Waals surface area contributed by atoms with Gasteiger partial charge in [0.15, 0.2) is 0 Å². The summed E-state index contributed by atoms with van der Waals surface area (Å²) in [7, 11) is 1.34. The highest BCUT2D eigenvalue weighted by Gasteiger charge is 2.60. The Bertz CT molecular complexity index is 951. The van der Waals surface area contributed by atoms with Crippen LogP contribution in [0.1, 0.15) is 49.9 Å². The van der Waals surface area contributed by atoms with Crippen molar-refractivity contribution in [3.63, 3.8) is 0 Å². The second kappa shape index (κ2) is 5.49. The van der Waals surface area contributed by atoms with Crippen LogP contribution in [-0.2, 0) is 21.7 Å². The number of ether oxygens (including phenoxy) is 1. The van der Waals surface area contributed by atoms with Crippen molar-refractivity contribution >= 4 is 16.9 Å². The van der Waals surface area contributed by atoms with Crippen LogP contribution in [0.2, 0.25) is 0 Å². The maximum absolute atomic E-state index is 12.8. The number of fused-ring (bicyclic) bond motifs is 3. The first kappa shape index (κ1) is 17.1. The first-order valence-corrected chi connectivity index (χ1v) is 9.87. The molecule has 2 aromatic rings. The van der Waals surface area contributed by atoms with Crippen LogP contribution in [0.15, 0.2) is 18.2 Å². The Balaban J connectivity index is 1.90. The summed E-state index contributed by atoms with van der Waals surface area (Å²) in [4.78, 5) is 15.4. The van der Waals surface area contributed by atoms with Crippen molar-refractivity contribution in [1.82, 2.24) is 9.47 Å². The van der Waals surface area contributed by atoms with E-state index in [1.54, 1.807) is 12.1 Å². The molecule has 4 heterocycles. The SMILES string of the molecule is CC[C@]12CCCN3CCc4c(n(c5ccc(O)cc45)[C@@](O)(C(=O)OC)C1)[C@@H]32. The van der Waals surface area contributed by atoms with E-state index in [0.29, 0.717) is 6.42 Å². The molecule has 6 heteroatoms. The largest absolute Gasteiger partial charge is 0.508 e. The Kier molecular flexibility index (Phi) is 3.47. The van der Waals surface area contributed by atoms with Gasteiger partial charge in [0.1, 0.15) is 5.75 Å². The summed E-state index contributed by atoms with van der Waals surface area (Å²) in [5, 5.41) is 22.7. The molecule has 6 nitrogen and oxygen atoms in total. The van der Waals surface area contributed by atoms with Crippen LogP contribution in [0, 0.1) is 5.41 Å². The van der Waals surface area contributed by atoms with Crippen molar-refractivity contribution in [2.45, 2.75) is 50.8 Å². The second-order valence-electron chi connectivity index (χ2n) is 8.39. The molecule has 3 aliphatic rings. The monoisotopic (exact) mass is 370 g/mol. The normalized spacial score (nSPS) is 32.3. The first-order chi connectivity index (χ1) is 12.9. The second-order valence-corrected chi connectivity index (χ2v) is 8.39. The summed E-state index contributed by atoms with van der Waals surface area (Å²) in [5.41, 5.74) is 1.13. The lowest BCUT2D eigenvalue weighted by Crippen LogP contribution is -2.60. The lowest BCUT2D eigenvalue weighted by atomic mass is 9.62. The molecule has 3 aliphatic heterocycles. The molecular formula is C21H26N2O4. The number of benzene rings is 1. The Morgan fingerprint density at radius 1 is 1.37 bits per heavy atom. The summed E-state index contributed by atoms with van der Waals surface area (Å²) in [6.45, 7) is 4.19. The van der Waals surface area contributed by atoms with E-state index in [9.17, 15) is 15.0 Å². The molecule has 1 aromatic carbocycles. The van der Waals surface area contributed by atoms with Crippen LogP contribution in [0.3, 0.4) is 0 Å². The third kappa shape index (κ3) is 2.00. The molecule has 1 aromatic heterocycles. The van der Waals surface area contributed by atoms with Gasteiger partial charge in [-0.05, 0) is 61.4 Å². The Morgan fingerprint density at radius 3 is 2.93 bits per heavy atom. The molecule has 3 atom stereocenters. The lowest BCUT2D eigenvalue weighted by molar-refractivity contribution is -0.194. The zero-order valence-corrected chi connectivity index (χ0v) is 15.9. The van der Waals surface area contributed by atoms with E-state index >= 15 is 0 Å². The highest BCUT2D eigenvalue weighted by Crippen LogP contribution is 2.60. The minimum absolute atomic E-state index is 0.150. The maximum atomic E-state index is 12.8. The van der Waals surface area contributed by atoms with Gasteiger partial charge in [-0.25, -0.2) is 4.79 Å². The summed E-state index contributed by atoms with van der Waals surface area (Å²) in [5.74, 6) is -0.402. The molecule has 0 amide bonds. The number of carbonyl (C=O) groups excluding carboxylic acids is 1.